The van der Waals surface area contributed by atoms with Crippen LogP contribution in [-0.4, -0.2) is 41.8 Å². The molecule has 0 spiro atoms. The van der Waals surface area contributed by atoms with E-state index in [9.17, 15) is 19.5 Å². The average Bonchev–Trinajstić information content (AvgIpc) is 3.03. The number of nitrogens with one attached hydrogen (secondary N) is 2. The van der Waals surface area contributed by atoms with Gasteiger partial charge in [-0.15, -0.1) is 0 Å². The van der Waals surface area contributed by atoms with Crippen LogP contribution in [0.15, 0.2) is 48.5 Å². The van der Waals surface area contributed by atoms with Crippen LogP contribution in [0.3, 0.4) is 0 Å². The summed E-state index contributed by atoms with van der Waals surface area (Å²) >= 11 is 0. The highest BCUT2D eigenvalue weighted by Crippen LogP contribution is 2.44. The third-order valence-electron chi connectivity index (χ3n) is 5.30. The van der Waals surface area contributed by atoms with Gasteiger partial charge in [-0.25, -0.2) is 9.59 Å². The predicted octanol–water partition coefficient (Wildman–Crippen LogP) is 3.14. The number of fused-ring (bicyclic) bond motifs is 3. The SMILES string of the molecule is CC(C)[C@H](NC(=O)[C@H](C)NC(=O)OCC1c2ccccc2-c2ccccc21)C(=O)O. The van der Waals surface area contributed by atoms with E-state index in [0.29, 0.717) is 0 Å². The lowest BCUT2D eigenvalue weighted by Crippen LogP contribution is -2.52. The van der Waals surface area contributed by atoms with Gasteiger partial charge in [-0.05, 0) is 35.1 Å². The quantitative estimate of drug-likeness (QED) is 0.650. The Morgan fingerprint density at radius 3 is 1.97 bits per heavy atom. The Morgan fingerprint density at radius 1 is 0.933 bits per heavy atom. The summed E-state index contributed by atoms with van der Waals surface area (Å²) in [5, 5.41) is 14.1. The Hall–Kier alpha value is -3.35. The lowest BCUT2D eigenvalue weighted by atomic mass is 9.98. The Bertz CT molecular complexity index is 911. The second-order valence-electron chi connectivity index (χ2n) is 7.76. The second-order valence-corrected chi connectivity index (χ2v) is 7.76. The molecule has 0 saturated carbocycles. The zero-order valence-electron chi connectivity index (χ0n) is 17.2. The first-order valence-electron chi connectivity index (χ1n) is 9.94. The summed E-state index contributed by atoms with van der Waals surface area (Å²) < 4.78 is 5.41. The number of alkyl carbamates (subject to hydrolysis) is 1. The fourth-order valence-corrected chi connectivity index (χ4v) is 3.67. The van der Waals surface area contributed by atoms with Gasteiger partial charge in [-0.3, -0.25) is 4.79 Å². The number of aliphatic carboxylic acids is 1. The molecule has 0 heterocycles. The molecule has 2 amide bonds. The van der Waals surface area contributed by atoms with E-state index < -0.39 is 30.1 Å². The Morgan fingerprint density at radius 2 is 1.47 bits per heavy atom. The van der Waals surface area contributed by atoms with Crippen molar-refractivity contribution in [3.8, 4) is 11.1 Å². The van der Waals surface area contributed by atoms with Gasteiger partial charge < -0.3 is 20.5 Å². The first kappa shape index (κ1) is 21.4. The summed E-state index contributed by atoms with van der Waals surface area (Å²) in [6.45, 7) is 5.01. The monoisotopic (exact) mass is 410 g/mol. The number of carbonyl (C=O) groups is 3. The summed E-state index contributed by atoms with van der Waals surface area (Å²) in [6, 6.07) is 14.1. The minimum absolute atomic E-state index is 0.0791. The van der Waals surface area contributed by atoms with Crippen LogP contribution in [0.4, 0.5) is 4.79 Å². The standard InChI is InChI=1S/C23H26N2O5/c1-13(2)20(22(27)28)25-21(26)14(3)24-23(29)30-12-19-17-10-6-4-8-15(17)16-9-5-7-11-18(16)19/h4-11,13-14,19-20H,12H2,1-3H3,(H,24,29)(H,25,26)(H,27,28)/t14-,20-/m0/s1. The van der Waals surface area contributed by atoms with Gasteiger partial charge in [0.1, 0.15) is 18.7 Å². The number of amides is 2. The smallest absolute Gasteiger partial charge is 0.407 e. The van der Waals surface area contributed by atoms with Crippen molar-refractivity contribution in [1.82, 2.24) is 10.6 Å². The van der Waals surface area contributed by atoms with E-state index >= 15 is 0 Å². The van der Waals surface area contributed by atoms with E-state index in [1.807, 2.05) is 48.5 Å². The molecule has 0 radical (unpaired) electrons. The van der Waals surface area contributed by atoms with Gasteiger partial charge in [0.15, 0.2) is 0 Å². The Labute approximate surface area is 175 Å². The van der Waals surface area contributed by atoms with Gasteiger partial charge in [0.25, 0.3) is 0 Å². The van der Waals surface area contributed by atoms with Crippen molar-refractivity contribution < 1.29 is 24.2 Å². The number of carboxylic acid groups (broad SMARTS) is 1. The van der Waals surface area contributed by atoms with E-state index in [1.54, 1.807) is 13.8 Å². The second kappa shape index (κ2) is 8.98. The number of rotatable bonds is 7. The van der Waals surface area contributed by atoms with Gasteiger partial charge >= 0.3 is 12.1 Å². The summed E-state index contributed by atoms with van der Waals surface area (Å²) in [6.07, 6.45) is -0.726. The van der Waals surface area contributed by atoms with Crippen molar-refractivity contribution in [2.24, 2.45) is 5.92 Å². The number of benzene rings is 2. The number of carboxylic acids is 1. The maximum Gasteiger partial charge on any atom is 0.407 e. The molecule has 1 aliphatic rings. The molecule has 0 bridgehead atoms. The molecule has 0 aliphatic heterocycles. The fraction of sp³-hybridized carbons (Fsp3) is 0.348. The summed E-state index contributed by atoms with van der Waals surface area (Å²) in [5.41, 5.74) is 4.45. The molecule has 0 aromatic heterocycles. The van der Waals surface area contributed by atoms with Crippen LogP contribution in [0, 0.1) is 5.92 Å². The van der Waals surface area contributed by atoms with E-state index in [-0.39, 0.29) is 18.4 Å². The van der Waals surface area contributed by atoms with Gasteiger partial charge in [0.05, 0.1) is 0 Å². The van der Waals surface area contributed by atoms with Gasteiger partial charge in [0.2, 0.25) is 5.91 Å². The average molecular weight is 410 g/mol. The minimum Gasteiger partial charge on any atom is -0.480 e. The molecule has 2 atom stereocenters. The molecule has 30 heavy (non-hydrogen) atoms. The Kier molecular flexibility index (Phi) is 6.40. The molecule has 2 aromatic carbocycles. The number of carbonyl (C=O) groups excluding carboxylic acids is 2. The van der Waals surface area contributed by atoms with Crippen LogP contribution in [0.1, 0.15) is 37.8 Å². The van der Waals surface area contributed by atoms with Crippen molar-refractivity contribution in [2.45, 2.75) is 38.8 Å². The Balaban J connectivity index is 1.60. The minimum atomic E-state index is -1.12. The van der Waals surface area contributed by atoms with Crippen molar-refractivity contribution in [3.63, 3.8) is 0 Å². The number of ether oxygens (including phenoxy) is 1. The summed E-state index contributed by atoms with van der Waals surface area (Å²) in [5.74, 6) is -2.06. The molecule has 0 fully saturated rings. The largest absolute Gasteiger partial charge is 0.480 e. The molecule has 3 N–H and O–H groups in total. The van der Waals surface area contributed by atoms with Crippen LogP contribution in [0.5, 0.6) is 0 Å². The summed E-state index contributed by atoms with van der Waals surface area (Å²) in [4.78, 5) is 35.7. The molecular weight excluding hydrogens is 384 g/mol. The van der Waals surface area contributed by atoms with Crippen LogP contribution in [0.2, 0.25) is 0 Å². The van der Waals surface area contributed by atoms with Crippen molar-refractivity contribution in [1.29, 1.82) is 0 Å². The molecule has 158 valence electrons. The van der Waals surface area contributed by atoms with Crippen LogP contribution in [-0.2, 0) is 14.3 Å². The molecule has 7 nitrogen and oxygen atoms in total. The van der Waals surface area contributed by atoms with Gasteiger partial charge in [-0.1, -0.05) is 62.4 Å². The highest BCUT2D eigenvalue weighted by molar-refractivity contribution is 5.89. The third-order valence-corrected chi connectivity index (χ3v) is 5.30. The van der Waals surface area contributed by atoms with E-state index in [0.717, 1.165) is 22.3 Å². The van der Waals surface area contributed by atoms with Crippen LogP contribution in [0.25, 0.3) is 11.1 Å². The molecule has 2 aromatic rings. The molecule has 1 aliphatic carbocycles. The predicted molar refractivity (Wildman–Crippen MR) is 112 cm³/mol. The van der Waals surface area contributed by atoms with Crippen molar-refractivity contribution in [3.05, 3.63) is 59.7 Å². The van der Waals surface area contributed by atoms with Crippen LogP contribution < -0.4 is 10.6 Å². The topological polar surface area (TPSA) is 105 Å². The zero-order chi connectivity index (χ0) is 21.8. The maximum atomic E-state index is 12.3. The zero-order valence-corrected chi connectivity index (χ0v) is 17.2. The fourth-order valence-electron chi connectivity index (χ4n) is 3.67. The molecular formula is C23H26N2O5. The molecule has 7 heteroatoms. The van der Waals surface area contributed by atoms with E-state index in [4.69, 9.17) is 4.74 Å². The highest BCUT2D eigenvalue weighted by Gasteiger charge is 2.30. The first-order valence-corrected chi connectivity index (χ1v) is 9.94. The third kappa shape index (κ3) is 4.45. The number of hydrogen-bond acceptors (Lipinski definition) is 4. The first-order chi connectivity index (χ1) is 14.3. The molecule has 3 rings (SSSR count). The highest BCUT2D eigenvalue weighted by atomic mass is 16.5. The van der Waals surface area contributed by atoms with Crippen molar-refractivity contribution >= 4 is 18.0 Å². The normalized spacial score (nSPS) is 14.4. The molecule has 0 saturated heterocycles. The van der Waals surface area contributed by atoms with Gasteiger partial charge in [-0.2, -0.15) is 0 Å². The molecule has 0 unspecified atom stereocenters. The summed E-state index contributed by atoms with van der Waals surface area (Å²) in [7, 11) is 0. The van der Waals surface area contributed by atoms with E-state index in [2.05, 4.69) is 10.6 Å². The van der Waals surface area contributed by atoms with Gasteiger partial charge in [0, 0.05) is 5.92 Å². The number of hydrogen-bond donors (Lipinski definition) is 3. The van der Waals surface area contributed by atoms with E-state index in [1.165, 1.54) is 6.92 Å². The maximum absolute atomic E-state index is 12.3. The van der Waals surface area contributed by atoms with Crippen LogP contribution >= 0.6 is 0 Å². The van der Waals surface area contributed by atoms with Crippen molar-refractivity contribution in [2.75, 3.05) is 6.61 Å². The lowest BCUT2D eigenvalue weighted by molar-refractivity contribution is -0.143. The lowest BCUT2D eigenvalue weighted by Gasteiger charge is -2.21.